The molecule has 0 unspecified atom stereocenters. The van der Waals surface area contributed by atoms with E-state index in [4.69, 9.17) is 9.05 Å². The van der Waals surface area contributed by atoms with Crippen LogP contribution >= 0.6 is 7.60 Å². The summed E-state index contributed by atoms with van der Waals surface area (Å²) in [4.78, 5) is 12.3. The van der Waals surface area contributed by atoms with E-state index in [1.54, 1.807) is 0 Å². The van der Waals surface area contributed by atoms with Crippen LogP contribution in [0.3, 0.4) is 0 Å². The zero-order chi connectivity index (χ0) is 26.9. The normalized spacial score (nSPS) is 37.6. The van der Waals surface area contributed by atoms with Crippen molar-refractivity contribution in [1.29, 1.82) is 0 Å². The SMILES string of the molecule is C=CC[C@]1(O)CC[C@H]2[C@@H]3CC=C4CC(=O)CCC4=C3[C@@H](c3ccc(P4(=O)OCC(C)(C)CO4)cc3)C[C@@]21C. The van der Waals surface area contributed by atoms with Crippen LogP contribution in [0.15, 0.2) is 59.7 Å². The van der Waals surface area contributed by atoms with E-state index in [-0.39, 0.29) is 16.7 Å². The number of hydrogen-bond donors (Lipinski definition) is 1. The third-order valence-electron chi connectivity index (χ3n) is 10.4. The first-order chi connectivity index (χ1) is 18.0. The molecule has 1 N–H and O–H groups in total. The van der Waals surface area contributed by atoms with Gasteiger partial charge in [-0.1, -0.05) is 50.6 Å². The van der Waals surface area contributed by atoms with Gasteiger partial charge in [0.05, 0.1) is 24.1 Å². The van der Waals surface area contributed by atoms with Crippen LogP contribution in [0, 0.1) is 22.7 Å². The minimum absolute atomic E-state index is 0.143. The van der Waals surface area contributed by atoms with E-state index in [9.17, 15) is 14.5 Å². The number of rotatable bonds is 4. The van der Waals surface area contributed by atoms with Crippen LogP contribution in [-0.2, 0) is 18.4 Å². The average molecular weight is 537 g/mol. The summed E-state index contributed by atoms with van der Waals surface area (Å²) in [7, 11) is -3.34. The molecule has 1 aliphatic heterocycles. The topological polar surface area (TPSA) is 72.8 Å². The number of Topliss-reactive ketones (excluding diaryl/α,β-unsaturated/α-hetero) is 1. The fourth-order valence-corrected chi connectivity index (χ4v) is 10.1. The Morgan fingerprint density at radius 2 is 1.84 bits per heavy atom. The highest BCUT2D eigenvalue weighted by atomic mass is 31.2. The lowest BCUT2D eigenvalue weighted by Gasteiger charge is -2.54. The average Bonchev–Trinajstić information content (AvgIpc) is 3.15. The monoisotopic (exact) mass is 536 g/mol. The molecular formula is C32H41O5P. The van der Waals surface area contributed by atoms with Gasteiger partial charge in [0.25, 0.3) is 0 Å². The van der Waals surface area contributed by atoms with Crippen molar-refractivity contribution < 1.29 is 23.5 Å². The Bertz CT molecular complexity index is 1260. The molecule has 1 heterocycles. The van der Waals surface area contributed by atoms with Crippen LogP contribution in [0.2, 0.25) is 0 Å². The largest absolute Gasteiger partial charge is 0.389 e. The molecule has 6 rings (SSSR count). The summed E-state index contributed by atoms with van der Waals surface area (Å²) >= 11 is 0. The highest BCUT2D eigenvalue weighted by molar-refractivity contribution is 7.62. The molecule has 4 fully saturated rings. The van der Waals surface area contributed by atoms with Gasteiger partial charge in [0.2, 0.25) is 0 Å². The lowest BCUT2D eigenvalue weighted by molar-refractivity contribution is -0.118. The Labute approximate surface area is 226 Å². The molecule has 1 saturated heterocycles. The molecule has 6 heteroatoms. The summed E-state index contributed by atoms with van der Waals surface area (Å²) < 4.78 is 25.1. The van der Waals surface area contributed by atoms with E-state index < -0.39 is 13.2 Å². The molecule has 204 valence electrons. The molecule has 0 spiro atoms. The van der Waals surface area contributed by atoms with Gasteiger partial charge in [-0.15, -0.1) is 6.58 Å². The third-order valence-corrected chi connectivity index (χ3v) is 12.2. The van der Waals surface area contributed by atoms with E-state index in [1.165, 1.54) is 22.3 Å². The molecular weight excluding hydrogens is 495 g/mol. The van der Waals surface area contributed by atoms with Crippen LogP contribution < -0.4 is 5.30 Å². The van der Waals surface area contributed by atoms with Gasteiger partial charge in [-0.05, 0) is 79.2 Å². The molecule has 1 aromatic carbocycles. The third kappa shape index (κ3) is 4.08. The van der Waals surface area contributed by atoms with E-state index in [0.717, 1.165) is 32.1 Å². The van der Waals surface area contributed by atoms with Gasteiger partial charge < -0.3 is 14.2 Å². The number of carbonyl (C=O) groups excluding carboxylic acids is 1. The van der Waals surface area contributed by atoms with Gasteiger partial charge in [0.1, 0.15) is 5.78 Å². The van der Waals surface area contributed by atoms with Crippen molar-refractivity contribution >= 4 is 18.7 Å². The highest BCUT2D eigenvalue weighted by Crippen LogP contribution is 2.67. The van der Waals surface area contributed by atoms with E-state index in [1.807, 2.05) is 32.1 Å². The van der Waals surface area contributed by atoms with Crippen molar-refractivity contribution in [3.63, 3.8) is 0 Å². The van der Waals surface area contributed by atoms with Crippen LogP contribution in [0.25, 0.3) is 0 Å². The molecule has 0 bridgehead atoms. The second kappa shape index (κ2) is 9.13. The van der Waals surface area contributed by atoms with Gasteiger partial charge in [-0.25, -0.2) is 0 Å². The Morgan fingerprint density at radius 3 is 2.53 bits per heavy atom. The van der Waals surface area contributed by atoms with Crippen molar-refractivity contribution in [3.8, 4) is 0 Å². The van der Waals surface area contributed by atoms with Crippen LogP contribution in [0.4, 0.5) is 0 Å². The zero-order valence-electron chi connectivity index (χ0n) is 23.0. The Balaban J connectivity index is 1.40. The standard InChI is InChI=1S/C32H41O5P/c1-5-15-32(34)16-14-28-26-12-8-22-17-23(33)9-13-25(22)29(26)27(18-31(28,32)4)21-6-10-24(11-7-21)38(35)36-19-30(2,3)20-37-38/h5-8,10-11,26-28,34H,1,9,12-20H2,2-4H3/t26-,27+,28-,31-,32-/m0/s1. The molecule has 0 radical (unpaired) electrons. The smallest absolute Gasteiger partial charge is 0.361 e. The van der Waals surface area contributed by atoms with Crippen LogP contribution in [-0.4, -0.2) is 29.7 Å². The first-order valence-electron chi connectivity index (χ1n) is 14.3. The van der Waals surface area contributed by atoms with Crippen molar-refractivity contribution in [1.82, 2.24) is 0 Å². The predicted molar refractivity (Wildman–Crippen MR) is 149 cm³/mol. The second-order valence-corrected chi connectivity index (χ2v) is 15.4. The first-order valence-corrected chi connectivity index (χ1v) is 15.8. The Hall–Kier alpha value is -1.78. The number of ketones is 1. The Kier molecular flexibility index (Phi) is 6.35. The number of hydrogen-bond acceptors (Lipinski definition) is 5. The number of carbonyl (C=O) groups is 1. The summed E-state index contributed by atoms with van der Waals surface area (Å²) in [5, 5.41) is 12.5. The summed E-state index contributed by atoms with van der Waals surface area (Å²) in [5.41, 5.74) is 4.15. The van der Waals surface area contributed by atoms with E-state index >= 15 is 0 Å². The van der Waals surface area contributed by atoms with Gasteiger partial charge >= 0.3 is 7.60 Å². The lowest BCUT2D eigenvalue weighted by Crippen LogP contribution is -2.51. The summed E-state index contributed by atoms with van der Waals surface area (Å²) in [6.07, 6.45) is 10.4. The van der Waals surface area contributed by atoms with Gasteiger partial charge in [-0.2, -0.15) is 0 Å². The maximum atomic E-state index is 13.5. The molecule has 5 atom stereocenters. The summed E-state index contributed by atoms with van der Waals surface area (Å²) in [5.74, 6) is 1.26. The summed E-state index contributed by atoms with van der Waals surface area (Å²) in [6.45, 7) is 11.2. The number of fused-ring (bicyclic) bond motifs is 4. The van der Waals surface area contributed by atoms with Gasteiger partial charge in [0.15, 0.2) is 0 Å². The van der Waals surface area contributed by atoms with E-state index in [2.05, 4.69) is 31.7 Å². The number of benzene rings is 1. The zero-order valence-corrected chi connectivity index (χ0v) is 23.9. The van der Waals surface area contributed by atoms with Crippen molar-refractivity contribution in [2.75, 3.05) is 13.2 Å². The number of allylic oxidation sites excluding steroid dienone is 4. The molecule has 5 nitrogen and oxygen atoms in total. The van der Waals surface area contributed by atoms with Crippen LogP contribution in [0.1, 0.15) is 83.6 Å². The Morgan fingerprint density at radius 1 is 1.13 bits per heavy atom. The molecule has 0 amide bonds. The minimum atomic E-state index is -3.34. The highest BCUT2D eigenvalue weighted by Gasteiger charge is 2.62. The summed E-state index contributed by atoms with van der Waals surface area (Å²) in [6, 6.07) is 8.01. The van der Waals surface area contributed by atoms with Crippen LogP contribution in [0.5, 0.6) is 0 Å². The maximum absolute atomic E-state index is 13.5. The maximum Gasteiger partial charge on any atom is 0.361 e. The predicted octanol–water partition coefficient (Wildman–Crippen LogP) is 6.78. The molecule has 3 saturated carbocycles. The first kappa shape index (κ1) is 26.4. The molecule has 5 aliphatic rings. The van der Waals surface area contributed by atoms with Crippen molar-refractivity contribution in [3.05, 3.63) is 65.3 Å². The van der Waals surface area contributed by atoms with E-state index in [0.29, 0.717) is 55.4 Å². The number of aliphatic hydroxyl groups is 1. The van der Waals surface area contributed by atoms with Gasteiger partial charge in [0, 0.05) is 29.6 Å². The second-order valence-electron chi connectivity index (χ2n) is 13.4. The van der Waals surface area contributed by atoms with Crippen molar-refractivity contribution in [2.24, 2.45) is 22.7 Å². The lowest BCUT2D eigenvalue weighted by atomic mass is 9.51. The minimum Gasteiger partial charge on any atom is -0.389 e. The van der Waals surface area contributed by atoms with Gasteiger partial charge in [-0.3, -0.25) is 9.36 Å². The molecule has 4 aliphatic carbocycles. The molecule has 38 heavy (non-hydrogen) atoms. The quantitative estimate of drug-likeness (QED) is 0.339. The fraction of sp³-hybridized carbons (Fsp3) is 0.594. The fourth-order valence-electron chi connectivity index (χ4n) is 8.20. The van der Waals surface area contributed by atoms with Crippen molar-refractivity contribution in [2.45, 2.75) is 83.7 Å². The molecule has 0 aromatic heterocycles. The molecule has 1 aromatic rings.